The van der Waals surface area contributed by atoms with Crippen molar-refractivity contribution in [3.63, 3.8) is 0 Å². The van der Waals surface area contributed by atoms with Gasteiger partial charge in [0.05, 0.1) is 0 Å². The summed E-state index contributed by atoms with van der Waals surface area (Å²) < 4.78 is 0. The van der Waals surface area contributed by atoms with Crippen LogP contribution in [-0.4, -0.2) is 35.1 Å². The number of aromatic nitrogens is 1. The Balaban J connectivity index is 2.02. The fourth-order valence-corrected chi connectivity index (χ4v) is 3.62. The van der Waals surface area contributed by atoms with Crippen molar-refractivity contribution in [2.45, 2.75) is 57.9 Å². The van der Waals surface area contributed by atoms with Crippen LogP contribution in [0.15, 0.2) is 24.5 Å². The number of hydrogen-bond donors (Lipinski definition) is 1. The summed E-state index contributed by atoms with van der Waals surface area (Å²) >= 11 is 0. The van der Waals surface area contributed by atoms with Gasteiger partial charge in [-0.05, 0) is 68.7 Å². The average Bonchev–Trinajstić information content (AvgIpc) is 2.54. The third-order valence-electron chi connectivity index (χ3n) is 5.17. The van der Waals surface area contributed by atoms with Gasteiger partial charge >= 0.3 is 0 Å². The zero-order chi connectivity index (χ0) is 15.1. The van der Waals surface area contributed by atoms with Gasteiger partial charge in [0.2, 0.25) is 0 Å². The lowest BCUT2D eigenvalue weighted by Crippen LogP contribution is -2.56. The fraction of sp³-hybridized carbons (Fsp3) is 0.722. The van der Waals surface area contributed by atoms with E-state index >= 15 is 0 Å². The summed E-state index contributed by atoms with van der Waals surface area (Å²) in [6.07, 6.45) is 11.3. The molecule has 0 unspecified atom stereocenters. The van der Waals surface area contributed by atoms with Crippen LogP contribution in [-0.2, 0) is 6.42 Å². The minimum atomic E-state index is 0.246. The summed E-state index contributed by atoms with van der Waals surface area (Å²) in [5.41, 5.74) is 7.86. The van der Waals surface area contributed by atoms with Gasteiger partial charge in [-0.15, -0.1) is 0 Å². The van der Waals surface area contributed by atoms with Crippen LogP contribution in [0.4, 0.5) is 0 Å². The molecule has 0 aliphatic heterocycles. The van der Waals surface area contributed by atoms with Crippen molar-refractivity contribution >= 4 is 0 Å². The van der Waals surface area contributed by atoms with Gasteiger partial charge in [0.25, 0.3) is 0 Å². The molecule has 0 saturated heterocycles. The Morgan fingerprint density at radius 1 is 1.24 bits per heavy atom. The van der Waals surface area contributed by atoms with E-state index in [4.69, 9.17) is 5.73 Å². The van der Waals surface area contributed by atoms with Gasteiger partial charge in [-0.1, -0.05) is 13.8 Å². The zero-order valence-electron chi connectivity index (χ0n) is 13.7. The van der Waals surface area contributed by atoms with E-state index in [0.29, 0.717) is 0 Å². The van der Waals surface area contributed by atoms with Gasteiger partial charge < -0.3 is 5.73 Å². The normalized spacial score (nSPS) is 26.2. The van der Waals surface area contributed by atoms with Crippen LogP contribution in [0.5, 0.6) is 0 Å². The second-order valence-electron chi connectivity index (χ2n) is 6.70. The first kappa shape index (κ1) is 16.4. The van der Waals surface area contributed by atoms with Gasteiger partial charge in [0, 0.05) is 31.0 Å². The van der Waals surface area contributed by atoms with Crippen molar-refractivity contribution in [1.29, 1.82) is 0 Å². The van der Waals surface area contributed by atoms with Crippen LogP contribution in [0.1, 0.15) is 51.5 Å². The number of nitrogens with two attached hydrogens (primary N) is 1. The van der Waals surface area contributed by atoms with E-state index in [2.05, 4.69) is 35.9 Å². The van der Waals surface area contributed by atoms with Gasteiger partial charge in [0.1, 0.15) is 0 Å². The third-order valence-corrected chi connectivity index (χ3v) is 5.17. The molecule has 3 heteroatoms. The van der Waals surface area contributed by atoms with E-state index in [1.54, 1.807) is 0 Å². The average molecular weight is 289 g/mol. The predicted octanol–water partition coefficient (Wildman–Crippen LogP) is 3.24. The molecule has 0 aromatic carbocycles. The highest BCUT2D eigenvalue weighted by Crippen LogP contribution is 2.36. The molecule has 0 spiro atoms. The Labute approximate surface area is 129 Å². The molecular formula is C18H31N3. The number of hydrogen-bond acceptors (Lipinski definition) is 3. The summed E-state index contributed by atoms with van der Waals surface area (Å²) in [6, 6.07) is 4.25. The molecule has 1 aromatic heterocycles. The Morgan fingerprint density at radius 2 is 1.90 bits per heavy atom. The van der Waals surface area contributed by atoms with Crippen LogP contribution in [0.2, 0.25) is 0 Å². The largest absolute Gasteiger partial charge is 0.329 e. The fourth-order valence-electron chi connectivity index (χ4n) is 3.62. The lowest BCUT2D eigenvalue weighted by atomic mass is 9.75. The number of pyridine rings is 1. The van der Waals surface area contributed by atoms with Crippen LogP contribution < -0.4 is 5.73 Å². The smallest absolute Gasteiger partial charge is 0.0332 e. The van der Waals surface area contributed by atoms with Gasteiger partial charge in [-0.25, -0.2) is 0 Å². The molecule has 0 radical (unpaired) electrons. The van der Waals surface area contributed by atoms with E-state index in [1.807, 2.05) is 12.4 Å². The minimum absolute atomic E-state index is 0.246. The maximum Gasteiger partial charge on any atom is 0.0332 e. The quantitative estimate of drug-likeness (QED) is 0.838. The van der Waals surface area contributed by atoms with Crippen LogP contribution in [0.25, 0.3) is 0 Å². The van der Waals surface area contributed by atoms with E-state index in [0.717, 1.165) is 32.0 Å². The number of nitrogens with zero attached hydrogens (tertiary/aromatic N) is 2. The Kier molecular flexibility index (Phi) is 6.19. The molecule has 1 saturated carbocycles. The van der Waals surface area contributed by atoms with Crippen LogP contribution in [0, 0.1) is 5.92 Å². The first-order valence-electron chi connectivity index (χ1n) is 8.54. The molecule has 1 fully saturated rings. The second kappa shape index (κ2) is 7.90. The first-order chi connectivity index (χ1) is 10.2. The highest BCUT2D eigenvalue weighted by atomic mass is 15.2. The minimum Gasteiger partial charge on any atom is -0.329 e. The summed E-state index contributed by atoms with van der Waals surface area (Å²) in [4.78, 5) is 6.78. The van der Waals surface area contributed by atoms with Gasteiger partial charge in [0.15, 0.2) is 0 Å². The Morgan fingerprint density at radius 3 is 2.48 bits per heavy atom. The highest BCUT2D eigenvalue weighted by molar-refractivity contribution is 5.10. The van der Waals surface area contributed by atoms with Crippen molar-refractivity contribution in [2.24, 2.45) is 11.7 Å². The molecule has 1 aliphatic rings. The van der Waals surface area contributed by atoms with E-state index < -0.39 is 0 Å². The molecule has 2 N–H and O–H groups in total. The standard InChI is InChI=1S/C18H31N3/c1-3-13-21(14-8-17-6-11-20-12-7-17)18(15-19)9-4-16(2)5-10-18/h6-7,11-12,16H,3-5,8-10,13-15,19H2,1-2H3. The van der Waals surface area contributed by atoms with Crippen LogP contribution >= 0.6 is 0 Å². The molecule has 0 bridgehead atoms. The molecule has 0 amide bonds. The van der Waals surface area contributed by atoms with Gasteiger partial charge in [-0.3, -0.25) is 9.88 Å². The van der Waals surface area contributed by atoms with Crippen LogP contribution in [0.3, 0.4) is 0 Å². The Bertz CT molecular complexity index is 396. The van der Waals surface area contributed by atoms with Crippen molar-refractivity contribution in [3.05, 3.63) is 30.1 Å². The maximum absolute atomic E-state index is 6.23. The summed E-state index contributed by atoms with van der Waals surface area (Å²) in [6.45, 7) is 7.73. The zero-order valence-corrected chi connectivity index (χ0v) is 13.7. The monoisotopic (exact) mass is 289 g/mol. The van der Waals surface area contributed by atoms with Crippen molar-refractivity contribution in [3.8, 4) is 0 Å². The topological polar surface area (TPSA) is 42.2 Å². The highest BCUT2D eigenvalue weighted by Gasteiger charge is 2.37. The van der Waals surface area contributed by atoms with Crippen molar-refractivity contribution in [1.82, 2.24) is 9.88 Å². The molecule has 0 atom stereocenters. The summed E-state index contributed by atoms with van der Waals surface area (Å²) in [5, 5.41) is 0. The van der Waals surface area contributed by atoms with E-state index in [9.17, 15) is 0 Å². The third kappa shape index (κ3) is 4.27. The Hall–Kier alpha value is -0.930. The second-order valence-corrected chi connectivity index (χ2v) is 6.70. The molecule has 3 nitrogen and oxygen atoms in total. The lowest BCUT2D eigenvalue weighted by Gasteiger charge is -2.47. The van der Waals surface area contributed by atoms with E-state index in [-0.39, 0.29) is 5.54 Å². The van der Waals surface area contributed by atoms with E-state index in [1.165, 1.54) is 37.7 Å². The SMILES string of the molecule is CCCN(CCc1ccncc1)C1(CN)CCC(C)CC1. The van der Waals surface area contributed by atoms with Crippen molar-refractivity contribution in [2.75, 3.05) is 19.6 Å². The molecule has 118 valence electrons. The number of rotatable bonds is 7. The van der Waals surface area contributed by atoms with Crippen molar-refractivity contribution < 1.29 is 0 Å². The maximum atomic E-state index is 6.23. The van der Waals surface area contributed by atoms with Gasteiger partial charge in [-0.2, -0.15) is 0 Å². The predicted molar refractivity (Wildman–Crippen MR) is 89.2 cm³/mol. The molecule has 21 heavy (non-hydrogen) atoms. The summed E-state index contributed by atoms with van der Waals surface area (Å²) in [5.74, 6) is 0.869. The summed E-state index contributed by atoms with van der Waals surface area (Å²) in [7, 11) is 0. The molecule has 1 aromatic rings. The molecule has 2 rings (SSSR count). The molecular weight excluding hydrogens is 258 g/mol. The molecule has 1 heterocycles. The first-order valence-corrected chi connectivity index (χ1v) is 8.54. The lowest BCUT2D eigenvalue weighted by molar-refractivity contribution is 0.0453. The molecule has 1 aliphatic carbocycles.